The Labute approximate surface area is 157 Å². The van der Waals surface area contributed by atoms with E-state index < -0.39 is 5.97 Å². The molecule has 1 fully saturated rings. The van der Waals surface area contributed by atoms with Crippen molar-refractivity contribution in [1.82, 2.24) is 10.2 Å². The van der Waals surface area contributed by atoms with Gasteiger partial charge in [0.1, 0.15) is 5.82 Å². The summed E-state index contributed by atoms with van der Waals surface area (Å²) in [7, 11) is 0. The Morgan fingerprint density at radius 2 is 2.08 bits per heavy atom. The fraction of sp³-hybridized carbons (Fsp3) is 0.278. The normalized spacial score (nSPS) is 17.3. The van der Waals surface area contributed by atoms with E-state index in [9.17, 15) is 14.3 Å². The highest BCUT2D eigenvalue weighted by molar-refractivity contribution is 7.99. The minimum Gasteiger partial charge on any atom is -0.476 e. The largest absolute Gasteiger partial charge is 0.476 e. The molecule has 0 spiro atoms. The molecule has 2 N–H and O–H groups in total. The van der Waals surface area contributed by atoms with Crippen LogP contribution in [-0.4, -0.2) is 38.8 Å². The molecule has 8 heteroatoms. The lowest BCUT2D eigenvalue weighted by atomic mass is 10.1. The summed E-state index contributed by atoms with van der Waals surface area (Å²) in [6.07, 6.45) is 2.21. The quantitative estimate of drug-likeness (QED) is 0.684. The molecule has 0 saturated carbocycles. The van der Waals surface area contributed by atoms with Gasteiger partial charge in [-0.3, -0.25) is 0 Å². The van der Waals surface area contributed by atoms with Gasteiger partial charge in [0, 0.05) is 22.1 Å². The zero-order valence-corrected chi connectivity index (χ0v) is 15.4. The molecule has 26 heavy (non-hydrogen) atoms. The monoisotopic (exact) mass is 389 g/mol. The number of hydrogen-bond acceptors (Lipinski definition) is 6. The number of halogens is 1. The number of nitrogens with one attached hydrogen (secondary N) is 1. The average Bonchev–Trinajstić information content (AvgIpc) is 3.09. The second-order valence-corrected chi connectivity index (χ2v) is 8.32. The molecule has 1 aliphatic heterocycles. The summed E-state index contributed by atoms with van der Waals surface area (Å²) in [5, 5.41) is 21.7. The third-order valence-electron chi connectivity index (χ3n) is 4.28. The highest BCUT2D eigenvalue weighted by atomic mass is 32.2. The molecule has 134 valence electrons. The van der Waals surface area contributed by atoms with Crippen LogP contribution in [0.4, 0.5) is 10.2 Å². The van der Waals surface area contributed by atoms with Crippen LogP contribution in [0.5, 0.6) is 0 Å². The maximum atomic E-state index is 13.2. The topological polar surface area (TPSA) is 75.1 Å². The standard InChI is InChI=1S/C18H16FN3O2S2/c19-11-5-3-10(4-6-11)14-8-13-16(26-14)15(18(23)24)21-22-17(13)20-12-2-1-7-25-9-12/h3-6,8,12H,1-2,7,9H2,(H,20,22)(H,23,24). The summed E-state index contributed by atoms with van der Waals surface area (Å²) in [6, 6.07) is 8.38. The molecule has 2 aromatic heterocycles. The highest BCUT2D eigenvalue weighted by Gasteiger charge is 2.21. The highest BCUT2D eigenvalue weighted by Crippen LogP contribution is 2.38. The van der Waals surface area contributed by atoms with Crippen molar-refractivity contribution >= 4 is 45.0 Å². The lowest BCUT2D eigenvalue weighted by Crippen LogP contribution is -2.26. The van der Waals surface area contributed by atoms with Gasteiger partial charge in [-0.2, -0.15) is 11.8 Å². The van der Waals surface area contributed by atoms with Gasteiger partial charge in [-0.25, -0.2) is 9.18 Å². The first-order valence-electron chi connectivity index (χ1n) is 8.25. The number of rotatable bonds is 4. The minimum absolute atomic E-state index is 0.0538. The smallest absolute Gasteiger partial charge is 0.357 e. The SMILES string of the molecule is O=C(O)c1nnc(NC2CCCSC2)c2cc(-c3ccc(F)cc3)sc12. The lowest BCUT2D eigenvalue weighted by molar-refractivity contribution is 0.0692. The van der Waals surface area contributed by atoms with Gasteiger partial charge in [-0.1, -0.05) is 12.1 Å². The van der Waals surface area contributed by atoms with Crippen molar-refractivity contribution in [3.8, 4) is 10.4 Å². The van der Waals surface area contributed by atoms with E-state index in [-0.39, 0.29) is 11.5 Å². The third kappa shape index (κ3) is 3.39. The zero-order chi connectivity index (χ0) is 18.1. The van der Waals surface area contributed by atoms with Crippen LogP contribution < -0.4 is 5.32 Å². The number of fused-ring (bicyclic) bond motifs is 1. The molecule has 1 aromatic carbocycles. The molecule has 4 rings (SSSR count). The minimum atomic E-state index is -1.10. The first kappa shape index (κ1) is 17.2. The van der Waals surface area contributed by atoms with Crippen molar-refractivity contribution in [2.75, 3.05) is 16.8 Å². The number of nitrogens with zero attached hydrogens (tertiary/aromatic N) is 2. The van der Waals surface area contributed by atoms with Gasteiger partial charge in [0.15, 0.2) is 11.5 Å². The number of carbonyl (C=O) groups is 1. The van der Waals surface area contributed by atoms with E-state index >= 15 is 0 Å². The van der Waals surface area contributed by atoms with E-state index in [1.807, 2.05) is 17.8 Å². The predicted octanol–water partition coefficient (Wildman–Crippen LogP) is 4.50. The Kier molecular flexibility index (Phi) is 4.78. The summed E-state index contributed by atoms with van der Waals surface area (Å²) in [5.74, 6) is 1.38. The molecule has 1 aliphatic rings. The number of thioether (sulfide) groups is 1. The third-order valence-corrected chi connectivity index (χ3v) is 6.69. The van der Waals surface area contributed by atoms with Crippen LogP contribution in [-0.2, 0) is 0 Å². The van der Waals surface area contributed by atoms with E-state index in [1.165, 1.54) is 29.2 Å². The van der Waals surface area contributed by atoms with Crippen LogP contribution in [0, 0.1) is 5.82 Å². The van der Waals surface area contributed by atoms with Crippen molar-refractivity contribution in [3.05, 3.63) is 41.8 Å². The van der Waals surface area contributed by atoms with Crippen molar-refractivity contribution < 1.29 is 14.3 Å². The van der Waals surface area contributed by atoms with Crippen molar-refractivity contribution in [3.63, 3.8) is 0 Å². The number of carboxylic acids is 1. The molecule has 3 aromatic rings. The van der Waals surface area contributed by atoms with Gasteiger partial charge in [0.2, 0.25) is 0 Å². The van der Waals surface area contributed by atoms with Gasteiger partial charge in [0.05, 0.1) is 4.70 Å². The fourth-order valence-electron chi connectivity index (χ4n) is 2.99. The van der Waals surface area contributed by atoms with Gasteiger partial charge >= 0.3 is 5.97 Å². The summed E-state index contributed by atoms with van der Waals surface area (Å²) in [5.41, 5.74) is 0.782. The van der Waals surface area contributed by atoms with Crippen molar-refractivity contribution in [2.24, 2.45) is 0 Å². The van der Waals surface area contributed by atoms with Crippen LogP contribution in [0.1, 0.15) is 23.3 Å². The van der Waals surface area contributed by atoms with Gasteiger partial charge in [0.25, 0.3) is 0 Å². The number of aromatic nitrogens is 2. The average molecular weight is 389 g/mol. The Bertz CT molecular complexity index is 953. The Hall–Kier alpha value is -2.19. The number of carboxylic acid groups (broad SMARTS) is 1. The van der Waals surface area contributed by atoms with Crippen LogP contribution in [0.25, 0.3) is 20.5 Å². The number of hydrogen-bond donors (Lipinski definition) is 2. The van der Waals surface area contributed by atoms with Crippen LogP contribution in [0.3, 0.4) is 0 Å². The Morgan fingerprint density at radius 1 is 1.27 bits per heavy atom. The van der Waals surface area contributed by atoms with Crippen LogP contribution in [0.15, 0.2) is 30.3 Å². The van der Waals surface area contributed by atoms with E-state index in [0.717, 1.165) is 34.4 Å². The molecule has 0 radical (unpaired) electrons. The van der Waals surface area contributed by atoms with E-state index in [0.29, 0.717) is 16.6 Å². The number of benzene rings is 1. The molecule has 0 aliphatic carbocycles. The maximum Gasteiger partial charge on any atom is 0.357 e. The first-order valence-corrected chi connectivity index (χ1v) is 10.2. The van der Waals surface area contributed by atoms with Crippen LogP contribution in [0.2, 0.25) is 0 Å². The van der Waals surface area contributed by atoms with Gasteiger partial charge in [-0.05, 0) is 42.4 Å². The first-order chi connectivity index (χ1) is 12.6. The van der Waals surface area contributed by atoms with E-state index in [1.54, 1.807) is 12.1 Å². The number of thiophene rings is 1. The lowest BCUT2D eigenvalue weighted by Gasteiger charge is -2.23. The molecule has 1 unspecified atom stereocenters. The maximum absolute atomic E-state index is 13.2. The second-order valence-electron chi connectivity index (χ2n) is 6.12. The summed E-state index contributed by atoms with van der Waals surface area (Å²) in [4.78, 5) is 12.4. The predicted molar refractivity (Wildman–Crippen MR) is 104 cm³/mol. The summed E-state index contributed by atoms with van der Waals surface area (Å²) in [6.45, 7) is 0. The molecule has 5 nitrogen and oxygen atoms in total. The molecular weight excluding hydrogens is 373 g/mol. The summed E-state index contributed by atoms with van der Waals surface area (Å²) >= 11 is 3.24. The zero-order valence-electron chi connectivity index (χ0n) is 13.7. The molecule has 0 amide bonds. The van der Waals surface area contributed by atoms with Crippen molar-refractivity contribution in [2.45, 2.75) is 18.9 Å². The molecule has 0 bridgehead atoms. The molecular formula is C18H16FN3O2S2. The van der Waals surface area contributed by atoms with Gasteiger partial charge < -0.3 is 10.4 Å². The number of aromatic carboxylic acids is 1. The number of anilines is 1. The van der Waals surface area contributed by atoms with E-state index in [2.05, 4.69) is 15.5 Å². The molecule has 3 heterocycles. The fourth-order valence-corrected chi connectivity index (χ4v) is 5.21. The van der Waals surface area contributed by atoms with Crippen molar-refractivity contribution in [1.29, 1.82) is 0 Å². The van der Waals surface area contributed by atoms with Crippen LogP contribution >= 0.6 is 23.1 Å². The van der Waals surface area contributed by atoms with E-state index in [4.69, 9.17) is 0 Å². The summed E-state index contributed by atoms with van der Waals surface area (Å²) < 4.78 is 13.8. The molecule has 1 saturated heterocycles. The van der Waals surface area contributed by atoms with Gasteiger partial charge in [-0.15, -0.1) is 21.5 Å². The second kappa shape index (κ2) is 7.20. The Balaban J connectivity index is 1.78. The molecule has 1 atom stereocenters. The Morgan fingerprint density at radius 3 is 2.77 bits per heavy atom.